The molecule has 8 heteroatoms. The number of hydrogen-bond acceptors (Lipinski definition) is 4. The van der Waals surface area contributed by atoms with Crippen molar-refractivity contribution < 1.29 is 13.2 Å². The number of benzene rings is 1. The van der Waals surface area contributed by atoms with Gasteiger partial charge in [-0.2, -0.15) is 18.0 Å². The molecule has 19 heavy (non-hydrogen) atoms. The van der Waals surface area contributed by atoms with Crippen LogP contribution >= 0.6 is 0 Å². The number of nitrogens with zero attached hydrogens (tertiary/aromatic N) is 4. The number of aryl methyl sites for hydroxylation is 1. The summed E-state index contributed by atoms with van der Waals surface area (Å²) in [7, 11) is 1.63. The van der Waals surface area contributed by atoms with Crippen molar-refractivity contribution in [2.45, 2.75) is 18.6 Å². The van der Waals surface area contributed by atoms with Crippen molar-refractivity contribution in [2.75, 3.05) is 0 Å². The molecule has 0 fully saturated rings. The Morgan fingerprint density at radius 1 is 1.26 bits per heavy atom. The largest absolute Gasteiger partial charge is 0.416 e. The third-order valence-corrected chi connectivity index (χ3v) is 2.62. The van der Waals surface area contributed by atoms with Crippen molar-refractivity contribution in [2.24, 2.45) is 12.8 Å². The summed E-state index contributed by atoms with van der Waals surface area (Å²) in [5.74, 6) is 0.454. The maximum Gasteiger partial charge on any atom is 0.416 e. The van der Waals surface area contributed by atoms with E-state index in [1.54, 1.807) is 7.05 Å². The minimum absolute atomic E-state index is 0.319. The number of halogens is 3. The number of rotatable bonds is 3. The Morgan fingerprint density at radius 3 is 2.37 bits per heavy atom. The van der Waals surface area contributed by atoms with E-state index in [1.807, 2.05) is 0 Å². The molecule has 0 saturated carbocycles. The minimum Gasteiger partial charge on any atom is -0.324 e. The quantitative estimate of drug-likeness (QED) is 0.917. The molecule has 2 rings (SSSR count). The fourth-order valence-corrected chi connectivity index (χ4v) is 1.64. The molecule has 5 nitrogen and oxygen atoms in total. The highest BCUT2D eigenvalue weighted by Crippen LogP contribution is 2.29. The number of tetrazole rings is 1. The van der Waals surface area contributed by atoms with Gasteiger partial charge in [-0.3, -0.25) is 0 Å². The zero-order chi connectivity index (χ0) is 14.0. The van der Waals surface area contributed by atoms with Crippen LogP contribution in [0.15, 0.2) is 24.3 Å². The third-order valence-electron chi connectivity index (χ3n) is 2.62. The van der Waals surface area contributed by atoms with Crippen molar-refractivity contribution in [3.63, 3.8) is 0 Å². The number of aromatic nitrogens is 4. The van der Waals surface area contributed by atoms with Gasteiger partial charge in [0.25, 0.3) is 0 Å². The van der Waals surface area contributed by atoms with Crippen molar-refractivity contribution >= 4 is 0 Å². The maximum absolute atomic E-state index is 12.4. The van der Waals surface area contributed by atoms with Gasteiger partial charge < -0.3 is 5.73 Å². The summed E-state index contributed by atoms with van der Waals surface area (Å²) in [6, 6.07) is 4.29. The fraction of sp³-hybridized carbons (Fsp3) is 0.364. The third kappa shape index (κ3) is 3.28. The summed E-state index contributed by atoms with van der Waals surface area (Å²) in [5.41, 5.74) is 5.80. The highest BCUT2D eigenvalue weighted by molar-refractivity contribution is 5.27. The lowest BCUT2D eigenvalue weighted by Gasteiger charge is -2.11. The van der Waals surface area contributed by atoms with Gasteiger partial charge >= 0.3 is 6.18 Å². The Kier molecular flexibility index (Phi) is 3.52. The zero-order valence-corrected chi connectivity index (χ0v) is 10.1. The van der Waals surface area contributed by atoms with E-state index in [9.17, 15) is 13.2 Å². The molecule has 0 amide bonds. The second kappa shape index (κ2) is 4.96. The summed E-state index contributed by atoms with van der Waals surface area (Å²) in [6.45, 7) is 0. The van der Waals surface area contributed by atoms with Gasteiger partial charge in [0.05, 0.1) is 12.6 Å². The second-order valence-electron chi connectivity index (χ2n) is 4.13. The first kappa shape index (κ1) is 13.5. The van der Waals surface area contributed by atoms with Crippen LogP contribution < -0.4 is 5.73 Å². The van der Waals surface area contributed by atoms with Gasteiger partial charge in [-0.25, -0.2) is 0 Å². The van der Waals surface area contributed by atoms with Gasteiger partial charge in [-0.05, 0) is 22.9 Å². The monoisotopic (exact) mass is 271 g/mol. The summed E-state index contributed by atoms with van der Waals surface area (Å²) >= 11 is 0. The van der Waals surface area contributed by atoms with Crippen molar-refractivity contribution in [1.29, 1.82) is 0 Å². The Morgan fingerprint density at radius 2 is 1.89 bits per heavy atom. The average molecular weight is 271 g/mol. The van der Waals surface area contributed by atoms with E-state index in [2.05, 4.69) is 15.4 Å². The van der Waals surface area contributed by atoms with E-state index >= 15 is 0 Å². The number of alkyl halides is 3. The van der Waals surface area contributed by atoms with Crippen molar-refractivity contribution in [1.82, 2.24) is 20.2 Å². The molecule has 0 spiro atoms. The minimum atomic E-state index is -4.34. The molecule has 1 aromatic carbocycles. The van der Waals surface area contributed by atoms with Gasteiger partial charge in [-0.1, -0.05) is 12.1 Å². The molecule has 0 radical (unpaired) electrons. The second-order valence-corrected chi connectivity index (χ2v) is 4.13. The molecule has 0 saturated heterocycles. The molecule has 2 N–H and O–H groups in total. The van der Waals surface area contributed by atoms with Crippen molar-refractivity contribution in [3.8, 4) is 0 Å². The van der Waals surface area contributed by atoms with Gasteiger partial charge in [0.15, 0.2) is 5.82 Å². The molecular weight excluding hydrogens is 259 g/mol. The first-order valence-corrected chi connectivity index (χ1v) is 5.52. The van der Waals surface area contributed by atoms with Crippen LogP contribution in [-0.4, -0.2) is 20.2 Å². The summed E-state index contributed by atoms with van der Waals surface area (Å²) in [6.07, 6.45) is -4.02. The van der Waals surface area contributed by atoms with Crippen LogP contribution in [0.5, 0.6) is 0 Å². The molecular formula is C11H12F3N5. The standard InChI is InChI=1S/C11H12F3N5/c1-19-17-10(16-18-19)6-9(15)7-2-4-8(5-3-7)11(12,13)14/h2-5,9H,6,15H2,1H3. The Balaban J connectivity index is 2.09. The van der Waals surface area contributed by atoms with E-state index in [4.69, 9.17) is 5.73 Å². The predicted octanol–water partition coefficient (Wildman–Crippen LogP) is 1.47. The Hall–Kier alpha value is -1.96. The normalized spacial score (nSPS) is 13.5. The first-order valence-electron chi connectivity index (χ1n) is 5.52. The van der Waals surface area contributed by atoms with Crippen LogP contribution in [-0.2, 0) is 19.6 Å². The average Bonchev–Trinajstić information content (AvgIpc) is 2.74. The van der Waals surface area contributed by atoms with Crippen LogP contribution in [0.4, 0.5) is 13.2 Å². The Labute approximate surface area is 107 Å². The van der Waals surface area contributed by atoms with E-state index in [0.29, 0.717) is 17.8 Å². The van der Waals surface area contributed by atoms with Gasteiger partial charge in [-0.15, -0.1) is 10.2 Å². The smallest absolute Gasteiger partial charge is 0.324 e. The lowest BCUT2D eigenvalue weighted by atomic mass is 10.0. The molecule has 0 aliphatic carbocycles. The molecule has 102 valence electrons. The molecule has 0 bridgehead atoms. The summed E-state index contributed by atoms with van der Waals surface area (Å²) in [5, 5.41) is 11.4. The van der Waals surface area contributed by atoms with Crippen molar-refractivity contribution in [3.05, 3.63) is 41.2 Å². The molecule has 1 atom stereocenters. The van der Waals surface area contributed by atoms with Gasteiger partial charge in [0, 0.05) is 12.5 Å². The molecule has 1 heterocycles. The van der Waals surface area contributed by atoms with Crippen LogP contribution in [0.2, 0.25) is 0 Å². The lowest BCUT2D eigenvalue weighted by Crippen LogP contribution is -2.15. The van der Waals surface area contributed by atoms with E-state index in [-0.39, 0.29) is 0 Å². The maximum atomic E-state index is 12.4. The first-order chi connectivity index (χ1) is 8.86. The number of nitrogens with two attached hydrogens (primary N) is 1. The van der Waals surface area contributed by atoms with Gasteiger partial charge in [0.1, 0.15) is 0 Å². The zero-order valence-electron chi connectivity index (χ0n) is 10.1. The fourth-order valence-electron chi connectivity index (χ4n) is 1.64. The van der Waals surface area contributed by atoms with E-state index < -0.39 is 17.8 Å². The Bertz CT molecular complexity index is 546. The molecule has 0 aliphatic heterocycles. The summed E-state index contributed by atoms with van der Waals surface area (Å²) in [4.78, 5) is 1.30. The van der Waals surface area contributed by atoms with Crippen LogP contribution in [0.3, 0.4) is 0 Å². The lowest BCUT2D eigenvalue weighted by molar-refractivity contribution is -0.137. The highest BCUT2D eigenvalue weighted by atomic mass is 19.4. The van der Waals surface area contributed by atoms with Crippen LogP contribution in [0.25, 0.3) is 0 Å². The van der Waals surface area contributed by atoms with Crippen LogP contribution in [0.1, 0.15) is 23.0 Å². The highest BCUT2D eigenvalue weighted by Gasteiger charge is 2.30. The van der Waals surface area contributed by atoms with E-state index in [0.717, 1.165) is 12.1 Å². The van der Waals surface area contributed by atoms with Crippen LogP contribution in [0, 0.1) is 0 Å². The molecule has 2 aromatic rings. The SMILES string of the molecule is Cn1nnc(CC(N)c2ccc(C(F)(F)F)cc2)n1. The van der Waals surface area contributed by atoms with Gasteiger partial charge in [0.2, 0.25) is 0 Å². The molecule has 1 unspecified atom stereocenters. The van der Waals surface area contributed by atoms with E-state index in [1.165, 1.54) is 16.9 Å². The summed E-state index contributed by atoms with van der Waals surface area (Å²) < 4.78 is 37.2. The topological polar surface area (TPSA) is 69.6 Å². The number of hydrogen-bond donors (Lipinski definition) is 1. The predicted molar refractivity (Wildman–Crippen MR) is 60.9 cm³/mol. The molecule has 0 aliphatic rings. The molecule has 1 aromatic heterocycles.